The molecule has 16 heavy (non-hydrogen) atoms. The summed E-state index contributed by atoms with van der Waals surface area (Å²) in [4.78, 5) is 11.0. The van der Waals surface area contributed by atoms with Crippen molar-refractivity contribution in [3.63, 3.8) is 0 Å². The van der Waals surface area contributed by atoms with Gasteiger partial charge < -0.3 is 14.4 Å². The van der Waals surface area contributed by atoms with Crippen LogP contribution in [0.15, 0.2) is 18.3 Å². The van der Waals surface area contributed by atoms with Crippen LogP contribution in [0.25, 0.3) is 0 Å². The minimum atomic E-state index is -0.864. The SMILES string of the molecule is CCC1OCCC1Cn1cccc1C(=O)O. The molecule has 1 fully saturated rings. The second kappa shape index (κ2) is 4.70. The van der Waals surface area contributed by atoms with Crippen LogP contribution in [0, 0.1) is 5.92 Å². The Morgan fingerprint density at radius 2 is 2.50 bits per heavy atom. The summed E-state index contributed by atoms with van der Waals surface area (Å²) in [7, 11) is 0. The number of hydrogen-bond acceptors (Lipinski definition) is 2. The van der Waals surface area contributed by atoms with Crippen LogP contribution < -0.4 is 0 Å². The van der Waals surface area contributed by atoms with Gasteiger partial charge in [0.25, 0.3) is 0 Å². The largest absolute Gasteiger partial charge is 0.477 e. The van der Waals surface area contributed by atoms with Gasteiger partial charge in [-0.1, -0.05) is 6.92 Å². The van der Waals surface area contributed by atoms with Gasteiger partial charge in [-0.2, -0.15) is 0 Å². The molecule has 0 radical (unpaired) electrons. The third kappa shape index (κ3) is 2.11. The van der Waals surface area contributed by atoms with Gasteiger partial charge in [-0.15, -0.1) is 0 Å². The molecule has 4 nitrogen and oxygen atoms in total. The Kier molecular flexibility index (Phi) is 3.29. The molecule has 0 spiro atoms. The van der Waals surface area contributed by atoms with Gasteiger partial charge in [0.2, 0.25) is 0 Å². The molecule has 1 saturated heterocycles. The van der Waals surface area contributed by atoms with Crippen LogP contribution in [0.1, 0.15) is 30.3 Å². The second-order valence-corrected chi connectivity index (χ2v) is 4.22. The van der Waals surface area contributed by atoms with Crippen molar-refractivity contribution < 1.29 is 14.6 Å². The van der Waals surface area contributed by atoms with E-state index in [1.54, 1.807) is 12.1 Å². The lowest BCUT2D eigenvalue weighted by Gasteiger charge is -2.18. The number of nitrogens with zero attached hydrogens (tertiary/aromatic N) is 1. The molecule has 1 aromatic rings. The second-order valence-electron chi connectivity index (χ2n) is 4.22. The first-order chi connectivity index (χ1) is 7.72. The zero-order valence-corrected chi connectivity index (χ0v) is 9.43. The maximum absolute atomic E-state index is 11.0. The third-order valence-electron chi connectivity index (χ3n) is 3.23. The van der Waals surface area contributed by atoms with Crippen molar-refractivity contribution in [3.05, 3.63) is 24.0 Å². The number of carbonyl (C=O) groups is 1. The van der Waals surface area contributed by atoms with E-state index >= 15 is 0 Å². The summed E-state index contributed by atoms with van der Waals surface area (Å²) >= 11 is 0. The van der Waals surface area contributed by atoms with E-state index in [1.165, 1.54) is 0 Å². The van der Waals surface area contributed by atoms with E-state index in [9.17, 15) is 4.79 Å². The first-order valence-electron chi connectivity index (χ1n) is 5.72. The number of aromatic nitrogens is 1. The fourth-order valence-electron chi connectivity index (χ4n) is 2.37. The molecule has 0 aliphatic carbocycles. The number of ether oxygens (including phenoxy) is 1. The first-order valence-corrected chi connectivity index (χ1v) is 5.72. The fraction of sp³-hybridized carbons (Fsp3) is 0.583. The summed E-state index contributed by atoms with van der Waals surface area (Å²) < 4.78 is 7.41. The highest BCUT2D eigenvalue weighted by molar-refractivity contribution is 5.85. The zero-order chi connectivity index (χ0) is 11.5. The maximum Gasteiger partial charge on any atom is 0.352 e. The standard InChI is InChI=1S/C12H17NO3/c1-2-11-9(5-7-16-11)8-13-6-3-4-10(13)12(14)15/h3-4,6,9,11H,2,5,7-8H2,1H3,(H,14,15). The van der Waals surface area contributed by atoms with Gasteiger partial charge >= 0.3 is 5.97 Å². The van der Waals surface area contributed by atoms with Gasteiger partial charge in [0, 0.05) is 25.3 Å². The summed E-state index contributed by atoms with van der Waals surface area (Å²) in [6.07, 6.45) is 4.13. The molecule has 0 bridgehead atoms. The van der Waals surface area contributed by atoms with E-state index in [0.29, 0.717) is 11.6 Å². The highest BCUT2D eigenvalue weighted by atomic mass is 16.5. The molecular formula is C12H17NO3. The van der Waals surface area contributed by atoms with E-state index in [4.69, 9.17) is 9.84 Å². The average Bonchev–Trinajstić information content (AvgIpc) is 2.86. The van der Waals surface area contributed by atoms with Crippen LogP contribution in [-0.4, -0.2) is 28.4 Å². The number of carboxylic acid groups (broad SMARTS) is 1. The molecule has 2 rings (SSSR count). The van der Waals surface area contributed by atoms with E-state index < -0.39 is 5.97 Å². The Morgan fingerprint density at radius 3 is 3.19 bits per heavy atom. The molecule has 4 heteroatoms. The molecule has 1 aromatic heterocycles. The Hall–Kier alpha value is -1.29. The summed E-state index contributed by atoms with van der Waals surface area (Å²) in [6, 6.07) is 3.42. The lowest BCUT2D eigenvalue weighted by molar-refractivity contribution is 0.0673. The van der Waals surface area contributed by atoms with Crippen LogP contribution in [0.3, 0.4) is 0 Å². The zero-order valence-electron chi connectivity index (χ0n) is 9.43. The molecule has 2 unspecified atom stereocenters. The molecule has 1 N–H and O–H groups in total. The Labute approximate surface area is 94.8 Å². The smallest absolute Gasteiger partial charge is 0.352 e. The van der Waals surface area contributed by atoms with E-state index in [2.05, 4.69) is 6.92 Å². The van der Waals surface area contributed by atoms with Gasteiger partial charge in [0.1, 0.15) is 5.69 Å². The Bertz CT molecular complexity index is 372. The molecule has 2 atom stereocenters. The molecular weight excluding hydrogens is 206 g/mol. The molecule has 0 amide bonds. The molecule has 0 saturated carbocycles. The lowest BCUT2D eigenvalue weighted by Crippen LogP contribution is -2.21. The summed E-state index contributed by atoms with van der Waals surface area (Å²) in [6.45, 7) is 3.65. The Morgan fingerprint density at radius 1 is 1.69 bits per heavy atom. The van der Waals surface area contributed by atoms with Crippen LogP contribution >= 0.6 is 0 Å². The number of carboxylic acids is 1. The van der Waals surface area contributed by atoms with Gasteiger partial charge in [0.15, 0.2) is 0 Å². The average molecular weight is 223 g/mol. The normalized spacial score (nSPS) is 24.8. The van der Waals surface area contributed by atoms with E-state index in [-0.39, 0.29) is 6.10 Å². The maximum atomic E-state index is 11.0. The molecule has 1 aliphatic heterocycles. The molecule has 0 aromatic carbocycles. The quantitative estimate of drug-likeness (QED) is 0.849. The molecule has 1 aliphatic rings. The summed E-state index contributed by atoms with van der Waals surface area (Å²) in [5.41, 5.74) is 0.363. The minimum absolute atomic E-state index is 0.282. The first kappa shape index (κ1) is 11.2. The van der Waals surface area contributed by atoms with Crippen molar-refractivity contribution >= 4 is 5.97 Å². The van der Waals surface area contributed by atoms with Crippen molar-refractivity contribution in [2.45, 2.75) is 32.4 Å². The van der Waals surface area contributed by atoms with Crippen LogP contribution in [0.2, 0.25) is 0 Å². The molecule has 2 heterocycles. The van der Waals surface area contributed by atoms with Crippen molar-refractivity contribution in [1.82, 2.24) is 4.57 Å². The van der Waals surface area contributed by atoms with Crippen molar-refractivity contribution in [1.29, 1.82) is 0 Å². The predicted octanol–water partition coefficient (Wildman–Crippen LogP) is 2.00. The highest BCUT2D eigenvalue weighted by Gasteiger charge is 2.27. The van der Waals surface area contributed by atoms with Crippen LogP contribution in [-0.2, 0) is 11.3 Å². The minimum Gasteiger partial charge on any atom is -0.477 e. The lowest BCUT2D eigenvalue weighted by atomic mass is 9.99. The van der Waals surface area contributed by atoms with Gasteiger partial charge in [0.05, 0.1) is 6.10 Å². The van der Waals surface area contributed by atoms with Crippen molar-refractivity contribution in [2.75, 3.05) is 6.61 Å². The number of aromatic carboxylic acids is 1. The number of rotatable bonds is 4. The van der Waals surface area contributed by atoms with Crippen molar-refractivity contribution in [2.24, 2.45) is 5.92 Å². The summed E-state index contributed by atoms with van der Waals surface area (Å²) in [5, 5.41) is 9.00. The van der Waals surface area contributed by atoms with E-state index in [0.717, 1.165) is 26.0 Å². The van der Waals surface area contributed by atoms with Gasteiger partial charge in [-0.25, -0.2) is 4.79 Å². The predicted molar refractivity (Wildman–Crippen MR) is 59.5 cm³/mol. The van der Waals surface area contributed by atoms with Gasteiger partial charge in [-0.3, -0.25) is 0 Å². The molecule has 88 valence electrons. The topological polar surface area (TPSA) is 51.5 Å². The van der Waals surface area contributed by atoms with Crippen LogP contribution in [0.5, 0.6) is 0 Å². The van der Waals surface area contributed by atoms with Crippen molar-refractivity contribution in [3.8, 4) is 0 Å². The Balaban J connectivity index is 2.08. The van der Waals surface area contributed by atoms with Crippen LogP contribution in [0.4, 0.5) is 0 Å². The monoisotopic (exact) mass is 223 g/mol. The fourth-order valence-corrected chi connectivity index (χ4v) is 2.37. The number of hydrogen-bond donors (Lipinski definition) is 1. The summed E-state index contributed by atoms with van der Waals surface area (Å²) in [5.74, 6) is -0.424. The van der Waals surface area contributed by atoms with Gasteiger partial charge in [-0.05, 0) is 25.0 Å². The third-order valence-corrected chi connectivity index (χ3v) is 3.23. The van der Waals surface area contributed by atoms with E-state index in [1.807, 2.05) is 10.8 Å². The highest BCUT2D eigenvalue weighted by Crippen LogP contribution is 2.25.